The number of quaternary nitrogens is 1. The molecule has 0 aliphatic carbocycles. The van der Waals surface area contributed by atoms with E-state index in [-0.39, 0.29) is 5.91 Å². The summed E-state index contributed by atoms with van der Waals surface area (Å²) in [6.07, 6.45) is 0. The molecule has 0 spiro atoms. The number of hydrogen-bond acceptors (Lipinski definition) is 2. The van der Waals surface area contributed by atoms with Gasteiger partial charge in [0.1, 0.15) is 5.75 Å². The molecule has 1 N–H and O–H groups in total. The average molecular weight is 405 g/mol. The number of carbonyl (C=O) groups is 1. The molecule has 5 nitrogen and oxygen atoms in total. The summed E-state index contributed by atoms with van der Waals surface area (Å²) in [5.74, 6) is 0.904. The van der Waals surface area contributed by atoms with Crippen LogP contribution in [-0.4, -0.2) is 55.2 Å². The van der Waals surface area contributed by atoms with Gasteiger partial charge in [0, 0.05) is 5.69 Å². The summed E-state index contributed by atoms with van der Waals surface area (Å²) in [5, 5.41) is 0. The Morgan fingerprint density at radius 1 is 1.03 bits per heavy atom. The van der Waals surface area contributed by atoms with Crippen LogP contribution in [0.5, 0.6) is 5.75 Å². The molecule has 30 heavy (non-hydrogen) atoms. The average Bonchev–Trinajstić information content (AvgIpc) is 3.16. The van der Waals surface area contributed by atoms with E-state index in [1.807, 2.05) is 60.4 Å². The summed E-state index contributed by atoms with van der Waals surface area (Å²) < 4.78 is 7.78. The van der Waals surface area contributed by atoms with Gasteiger partial charge in [-0.15, -0.1) is 0 Å². The van der Waals surface area contributed by atoms with E-state index in [4.69, 9.17) is 4.74 Å². The molecule has 0 saturated carbocycles. The zero-order valence-electron chi connectivity index (χ0n) is 18.0. The number of benzene rings is 2. The minimum Gasteiger partial charge on any atom is -0.495 e. The van der Waals surface area contributed by atoms with Crippen molar-refractivity contribution in [3.63, 3.8) is 0 Å². The van der Waals surface area contributed by atoms with E-state index < -0.39 is 0 Å². The molecular weight excluding hydrogens is 374 g/mol. The van der Waals surface area contributed by atoms with E-state index in [1.165, 1.54) is 0 Å². The largest absolute Gasteiger partial charge is 0.495 e. The summed E-state index contributed by atoms with van der Waals surface area (Å²) in [5.41, 5.74) is 4.72. The van der Waals surface area contributed by atoms with Gasteiger partial charge in [-0.2, -0.15) is 0 Å². The Bertz CT molecular complexity index is 1020. The molecule has 1 saturated heterocycles. The van der Waals surface area contributed by atoms with Gasteiger partial charge in [-0.25, -0.2) is 0 Å². The number of piperazine rings is 1. The predicted octanol–water partition coefficient (Wildman–Crippen LogP) is 2.82. The van der Waals surface area contributed by atoms with Gasteiger partial charge in [-0.05, 0) is 37.6 Å². The van der Waals surface area contributed by atoms with E-state index in [9.17, 15) is 4.79 Å². The molecule has 2 heterocycles. The third-order valence-electron chi connectivity index (χ3n) is 6.13. The van der Waals surface area contributed by atoms with Crippen LogP contribution in [0.2, 0.25) is 0 Å². The van der Waals surface area contributed by atoms with E-state index in [0.717, 1.165) is 66.7 Å². The Morgan fingerprint density at radius 2 is 1.70 bits per heavy atom. The molecule has 4 rings (SSSR count). The van der Waals surface area contributed by atoms with E-state index >= 15 is 0 Å². The van der Waals surface area contributed by atoms with Crippen molar-refractivity contribution >= 4 is 5.91 Å². The maximum Gasteiger partial charge on any atom is 0.256 e. The van der Waals surface area contributed by atoms with Crippen LogP contribution in [0.4, 0.5) is 0 Å². The van der Waals surface area contributed by atoms with Crippen LogP contribution < -0.4 is 9.64 Å². The zero-order chi connectivity index (χ0) is 21.1. The van der Waals surface area contributed by atoms with Gasteiger partial charge >= 0.3 is 0 Å². The van der Waals surface area contributed by atoms with Crippen molar-refractivity contribution in [1.29, 1.82) is 0 Å². The third-order valence-corrected chi connectivity index (χ3v) is 6.13. The summed E-state index contributed by atoms with van der Waals surface area (Å²) in [6, 6.07) is 20.2. The predicted molar refractivity (Wildman–Crippen MR) is 120 cm³/mol. The first-order valence-electron chi connectivity index (χ1n) is 10.7. The van der Waals surface area contributed by atoms with Crippen LogP contribution in [0.25, 0.3) is 16.9 Å². The van der Waals surface area contributed by atoms with Gasteiger partial charge in [-0.3, -0.25) is 4.79 Å². The fraction of sp³-hybridized carbons (Fsp3) is 0.320. The number of amides is 1. The quantitative estimate of drug-likeness (QED) is 0.710. The second kappa shape index (κ2) is 8.76. The summed E-state index contributed by atoms with van der Waals surface area (Å²) in [6.45, 7) is 8.99. The third kappa shape index (κ3) is 3.73. The number of methoxy groups -OCH3 is 1. The second-order valence-corrected chi connectivity index (χ2v) is 7.80. The molecular formula is C25H30N3O2+. The van der Waals surface area contributed by atoms with Crippen molar-refractivity contribution < 1.29 is 14.4 Å². The number of hydrogen-bond donors (Lipinski definition) is 1. The maximum atomic E-state index is 13.5. The van der Waals surface area contributed by atoms with Gasteiger partial charge in [-0.1, -0.05) is 42.5 Å². The molecule has 0 atom stereocenters. The normalized spacial score (nSPS) is 14.7. The number of aromatic nitrogens is 1. The number of para-hydroxylation sites is 2. The Hall–Kier alpha value is -3.05. The van der Waals surface area contributed by atoms with Gasteiger partial charge in [0.2, 0.25) is 0 Å². The lowest BCUT2D eigenvalue weighted by Crippen LogP contribution is -3.14. The van der Waals surface area contributed by atoms with Crippen LogP contribution in [0, 0.1) is 6.92 Å². The number of carbonyl (C=O) groups excluding carboxylic acids is 1. The summed E-state index contributed by atoms with van der Waals surface area (Å²) in [7, 11) is 1.68. The van der Waals surface area contributed by atoms with E-state index in [2.05, 4.69) is 23.6 Å². The van der Waals surface area contributed by atoms with Crippen molar-refractivity contribution in [2.75, 3.05) is 39.8 Å². The highest BCUT2D eigenvalue weighted by Crippen LogP contribution is 2.33. The van der Waals surface area contributed by atoms with E-state index in [0.29, 0.717) is 0 Å². The monoisotopic (exact) mass is 404 g/mol. The SMILES string of the molecule is CC[NH+]1CCN(C(=O)c2cc(-c3ccccc3)n(-c3ccccc3OC)c2C)CC1. The fourth-order valence-corrected chi connectivity index (χ4v) is 4.32. The van der Waals surface area contributed by atoms with Crippen LogP contribution in [0.3, 0.4) is 0 Å². The number of rotatable bonds is 5. The highest BCUT2D eigenvalue weighted by Gasteiger charge is 2.28. The van der Waals surface area contributed by atoms with Gasteiger partial charge < -0.3 is 19.1 Å². The molecule has 1 aliphatic rings. The maximum absolute atomic E-state index is 13.5. The molecule has 5 heteroatoms. The van der Waals surface area contributed by atoms with Crippen molar-refractivity contribution in [3.05, 3.63) is 71.9 Å². The van der Waals surface area contributed by atoms with Crippen LogP contribution in [-0.2, 0) is 0 Å². The zero-order valence-corrected chi connectivity index (χ0v) is 18.0. The molecule has 156 valence electrons. The lowest BCUT2D eigenvalue weighted by Gasteiger charge is -2.31. The second-order valence-electron chi connectivity index (χ2n) is 7.80. The Morgan fingerprint density at radius 3 is 2.37 bits per heavy atom. The minimum absolute atomic E-state index is 0.119. The summed E-state index contributed by atoms with van der Waals surface area (Å²) in [4.78, 5) is 17.0. The van der Waals surface area contributed by atoms with Gasteiger partial charge in [0.25, 0.3) is 5.91 Å². The van der Waals surface area contributed by atoms with Gasteiger partial charge in [0.15, 0.2) is 0 Å². The van der Waals surface area contributed by atoms with Crippen molar-refractivity contribution in [1.82, 2.24) is 9.47 Å². The summed E-state index contributed by atoms with van der Waals surface area (Å²) >= 11 is 0. The van der Waals surface area contributed by atoms with E-state index in [1.54, 1.807) is 12.0 Å². The van der Waals surface area contributed by atoms with Gasteiger partial charge in [0.05, 0.1) is 56.8 Å². The minimum atomic E-state index is 0.119. The standard InChI is InChI=1S/C25H29N3O2/c1-4-26-14-16-27(17-15-26)25(29)21-18-23(20-10-6-5-7-11-20)28(19(21)2)22-12-8-9-13-24(22)30-3/h5-13,18H,4,14-17H2,1-3H3/p+1. The van der Waals surface area contributed by atoms with Crippen LogP contribution >= 0.6 is 0 Å². The van der Waals surface area contributed by atoms with Crippen molar-refractivity contribution in [2.45, 2.75) is 13.8 Å². The molecule has 2 aromatic carbocycles. The number of likely N-dealkylation sites (N-methyl/N-ethyl adjacent to an activating group) is 1. The van der Waals surface area contributed by atoms with Crippen LogP contribution in [0.1, 0.15) is 23.0 Å². The Labute approximate surface area is 178 Å². The molecule has 1 fully saturated rings. The lowest BCUT2D eigenvalue weighted by molar-refractivity contribution is -0.902. The Kier molecular flexibility index (Phi) is 5.91. The van der Waals surface area contributed by atoms with Crippen molar-refractivity contribution in [3.8, 4) is 22.7 Å². The number of nitrogens with one attached hydrogen (secondary N) is 1. The van der Waals surface area contributed by atoms with Crippen LogP contribution in [0.15, 0.2) is 60.7 Å². The molecule has 1 amide bonds. The molecule has 3 aromatic rings. The fourth-order valence-electron chi connectivity index (χ4n) is 4.32. The molecule has 1 aliphatic heterocycles. The highest BCUT2D eigenvalue weighted by molar-refractivity contribution is 5.97. The lowest BCUT2D eigenvalue weighted by atomic mass is 10.1. The smallest absolute Gasteiger partial charge is 0.256 e. The van der Waals surface area contributed by atoms with Crippen molar-refractivity contribution in [2.24, 2.45) is 0 Å². The molecule has 0 bridgehead atoms. The first-order chi connectivity index (χ1) is 14.6. The molecule has 1 aromatic heterocycles. The topological polar surface area (TPSA) is 38.9 Å². The molecule has 0 radical (unpaired) electrons. The molecule has 0 unspecified atom stereocenters. The number of nitrogens with zero attached hydrogens (tertiary/aromatic N) is 2. The first kappa shape index (κ1) is 20.2. The first-order valence-corrected chi connectivity index (χ1v) is 10.7. The highest BCUT2D eigenvalue weighted by atomic mass is 16.5. The Balaban J connectivity index is 1.80. The number of ether oxygens (including phenoxy) is 1.